The molecule has 0 bridgehead atoms. The van der Waals surface area contributed by atoms with E-state index in [1.54, 1.807) is 12.1 Å². The zero-order valence-electron chi connectivity index (χ0n) is 27.6. The predicted octanol–water partition coefficient (Wildman–Crippen LogP) is 8.09. The summed E-state index contributed by atoms with van der Waals surface area (Å²) in [7, 11) is -7.24. The van der Waals surface area contributed by atoms with Crippen molar-refractivity contribution in [1.82, 2.24) is 0 Å². The second-order valence-corrected chi connectivity index (χ2v) is 18.4. The van der Waals surface area contributed by atoms with Crippen LogP contribution in [0.5, 0.6) is 28.7 Å². The lowest BCUT2D eigenvalue weighted by molar-refractivity contribution is 0.0681. The van der Waals surface area contributed by atoms with Gasteiger partial charge in [-0.1, -0.05) is 41.4 Å². The molecule has 6 aromatic rings. The number of methoxy groups -OCH3 is 1. The molecule has 0 aliphatic carbocycles. The summed E-state index contributed by atoms with van der Waals surface area (Å²) in [4.78, 5) is 25.1. The molecule has 0 aliphatic rings. The van der Waals surface area contributed by atoms with Crippen LogP contribution in [0.3, 0.4) is 0 Å². The number of hydrogen-bond acceptors (Lipinski definition) is 13. The molecule has 2 heterocycles. The number of aromatic hydroxyl groups is 3. The smallest absolute Gasteiger partial charge is 0.347 e. The zero-order chi connectivity index (χ0) is 39.8. The third-order valence-corrected chi connectivity index (χ3v) is 14.1. The Kier molecular flexibility index (Phi) is 10.9. The van der Waals surface area contributed by atoms with Crippen molar-refractivity contribution in [3.05, 3.63) is 111 Å². The van der Waals surface area contributed by atoms with E-state index < -0.39 is 54.6 Å². The Hall–Kier alpha value is -5.50. The van der Waals surface area contributed by atoms with Crippen LogP contribution >= 0.6 is 45.9 Å². The molecule has 0 unspecified atom stereocenters. The molecule has 55 heavy (non-hydrogen) atoms. The standard InChI is InChI=1S/C35H24Cl2N2O12S4/c1-50-29-12-18(5-10-26(29)41)25-16-31(53-33(25)37)54(46,47)38-19-6-8-22(27(42)13-19)35(45)51-28-14-20(7-9-23(28)34(43)44)39-55(48,49)30-15-24(32(36)52-30)17-3-2-4-21(40)11-17/h2-16,38-42H,1H3,(H,43,44). The fourth-order valence-electron chi connectivity index (χ4n) is 5.05. The number of benzene rings is 4. The van der Waals surface area contributed by atoms with Gasteiger partial charge in [-0.25, -0.2) is 26.4 Å². The Morgan fingerprint density at radius 3 is 1.76 bits per heavy atom. The molecule has 0 amide bonds. The van der Waals surface area contributed by atoms with Crippen molar-refractivity contribution in [2.75, 3.05) is 16.6 Å². The highest BCUT2D eigenvalue weighted by atomic mass is 35.5. The Morgan fingerprint density at radius 2 is 1.22 bits per heavy atom. The fourth-order valence-corrected chi connectivity index (χ4v) is 10.7. The first kappa shape index (κ1) is 39.2. The quantitative estimate of drug-likeness (QED) is 0.0507. The Morgan fingerprint density at radius 1 is 0.655 bits per heavy atom. The number of anilines is 2. The largest absolute Gasteiger partial charge is 0.508 e. The number of ether oxygens (including phenoxy) is 2. The molecular formula is C35H24Cl2N2O12S4. The minimum absolute atomic E-state index is 0.0549. The average Bonchev–Trinajstić information content (AvgIpc) is 3.72. The summed E-state index contributed by atoms with van der Waals surface area (Å²) >= 11 is 14.1. The maximum absolute atomic E-state index is 13.3. The van der Waals surface area contributed by atoms with Crippen LogP contribution in [-0.4, -0.2) is 56.3 Å². The van der Waals surface area contributed by atoms with Gasteiger partial charge in [0.25, 0.3) is 20.0 Å². The molecule has 0 spiro atoms. The van der Waals surface area contributed by atoms with Gasteiger partial charge in [-0.15, -0.1) is 22.7 Å². The van der Waals surface area contributed by atoms with Crippen molar-refractivity contribution < 1.29 is 56.3 Å². The van der Waals surface area contributed by atoms with Crippen molar-refractivity contribution in [2.45, 2.75) is 8.42 Å². The second kappa shape index (κ2) is 15.3. The molecule has 4 aromatic carbocycles. The number of aromatic carboxylic acids is 1. The van der Waals surface area contributed by atoms with Crippen molar-refractivity contribution in [1.29, 1.82) is 0 Å². The molecule has 0 aliphatic heterocycles. The van der Waals surface area contributed by atoms with Crippen LogP contribution in [0.4, 0.5) is 11.4 Å². The molecule has 14 nitrogen and oxygen atoms in total. The van der Waals surface area contributed by atoms with Crippen LogP contribution in [0.15, 0.2) is 99.4 Å². The third-order valence-electron chi connectivity index (χ3n) is 7.64. The summed E-state index contributed by atoms with van der Waals surface area (Å²) in [6.07, 6.45) is 0. The molecule has 0 saturated heterocycles. The highest BCUT2D eigenvalue weighted by Crippen LogP contribution is 2.42. The van der Waals surface area contributed by atoms with Crippen molar-refractivity contribution in [3.63, 3.8) is 0 Å². The summed E-state index contributed by atoms with van der Waals surface area (Å²) in [5, 5.41) is 40.1. The van der Waals surface area contributed by atoms with Gasteiger partial charge in [0.2, 0.25) is 0 Å². The Bertz CT molecular complexity index is 2730. The summed E-state index contributed by atoms with van der Waals surface area (Å²) < 4.78 is 67.9. The third kappa shape index (κ3) is 8.44. The van der Waals surface area contributed by atoms with Gasteiger partial charge in [0.05, 0.1) is 18.5 Å². The van der Waals surface area contributed by atoms with Gasteiger partial charge < -0.3 is 29.9 Å². The van der Waals surface area contributed by atoms with E-state index in [1.165, 1.54) is 49.6 Å². The van der Waals surface area contributed by atoms with Gasteiger partial charge in [-0.05, 0) is 71.8 Å². The Labute approximate surface area is 330 Å². The molecule has 284 valence electrons. The van der Waals surface area contributed by atoms with E-state index in [4.69, 9.17) is 32.7 Å². The predicted molar refractivity (Wildman–Crippen MR) is 207 cm³/mol. The number of thiophene rings is 2. The topological polar surface area (TPSA) is 226 Å². The molecule has 6 N–H and O–H groups in total. The van der Waals surface area contributed by atoms with Gasteiger partial charge in [0, 0.05) is 23.3 Å². The molecule has 6 rings (SSSR count). The van der Waals surface area contributed by atoms with Gasteiger partial charge in [-0.2, -0.15) is 0 Å². The van der Waals surface area contributed by atoms with Crippen LogP contribution in [0.1, 0.15) is 20.7 Å². The van der Waals surface area contributed by atoms with Crippen molar-refractivity contribution >= 4 is 89.2 Å². The number of rotatable bonds is 12. The number of phenolic OH excluding ortho intramolecular Hbond substituents is 3. The van der Waals surface area contributed by atoms with Crippen LogP contribution in [-0.2, 0) is 20.0 Å². The monoisotopic (exact) mass is 862 g/mol. The van der Waals surface area contributed by atoms with E-state index in [9.17, 15) is 46.9 Å². The van der Waals surface area contributed by atoms with E-state index in [-0.39, 0.29) is 45.7 Å². The number of carbonyl (C=O) groups is 2. The van der Waals surface area contributed by atoms with E-state index >= 15 is 0 Å². The lowest BCUT2D eigenvalue weighted by Gasteiger charge is -2.12. The number of carboxylic acid groups (broad SMARTS) is 1. The highest BCUT2D eigenvalue weighted by Gasteiger charge is 2.25. The lowest BCUT2D eigenvalue weighted by atomic mass is 10.1. The van der Waals surface area contributed by atoms with Crippen LogP contribution in [0.2, 0.25) is 8.67 Å². The normalized spacial score (nSPS) is 11.5. The van der Waals surface area contributed by atoms with Gasteiger partial charge in [0.1, 0.15) is 45.5 Å². The summed E-state index contributed by atoms with van der Waals surface area (Å²) in [6.45, 7) is 0. The molecule has 0 atom stereocenters. The number of phenols is 3. The van der Waals surface area contributed by atoms with Gasteiger partial charge in [0.15, 0.2) is 11.5 Å². The SMILES string of the molecule is COc1cc(-c2cc(S(=O)(=O)Nc3ccc(C(=O)Oc4cc(NS(=O)(=O)c5cc(-c6cccc(O)c6)c(Cl)s5)ccc4C(=O)O)c(O)c3)sc2Cl)ccc1O. The van der Waals surface area contributed by atoms with E-state index in [1.807, 2.05) is 0 Å². The van der Waals surface area contributed by atoms with E-state index in [2.05, 4.69) is 9.44 Å². The summed E-state index contributed by atoms with van der Waals surface area (Å²) in [5.41, 5.74) is 0.270. The number of halogens is 2. The highest BCUT2D eigenvalue weighted by molar-refractivity contribution is 7.95. The van der Waals surface area contributed by atoms with Crippen molar-refractivity contribution in [3.8, 4) is 51.0 Å². The number of sulfonamides is 2. The first-order valence-electron chi connectivity index (χ1n) is 15.2. The number of esters is 1. The molecule has 20 heteroatoms. The molecule has 0 saturated carbocycles. The number of nitrogens with one attached hydrogen (secondary N) is 2. The molecule has 2 aromatic heterocycles. The minimum Gasteiger partial charge on any atom is -0.508 e. The molecule has 0 fully saturated rings. The fraction of sp³-hybridized carbons (Fsp3) is 0.0286. The second-order valence-electron chi connectivity index (χ2n) is 11.3. The average molecular weight is 864 g/mol. The van der Waals surface area contributed by atoms with Gasteiger partial charge >= 0.3 is 11.9 Å². The molecular weight excluding hydrogens is 840 g/mol. The van der Waals surface area contributed by atoms with E-state index in [0.29, 0.717) is 22.3 Å². The number of carboxylic acids is 1. The van der Waals surface area contributed by atoms with Crippen LogP contribution in [0, 0.1) is 0 Å². The van der Waals surface area contributed by atoms with Crippen LogP contribution in [0.25, 0.3) is 22.3 Å². The molecule has 0 radical (unpaired) electrons. The minimum atomic E-state index is -4.31. The zero-order valence-corrected chi connectivity index (χ0v) is 32.4. The Balaban J connectivity index is 1.20. The first-order chi connectivity index (χ1) is 25.9. The number of hydrogen-bond donors (Lipinski definition) is 6. The van der Waals surface area contributed by atoms with Gasteiger partial charge in [-0.3, -0.25) is 9.44 Å². The number of carbonyl (C=O) groups excluding carboxylic acids is 1. The first-order valence-corrected chi connectivity index (χ1v) is 20.5. The van der Waals surface area contributed by atoms with E-state index in [0.717, 1.165) is 59.1 Å². The summed E-state index contributed by atoms with van der Waals surface area (Å²) in [6, 6.07) is 19.2. The lowest BCUT2D eigenvalue weighted by Crippen LogP contribution is -2.15. The summed E-state index contributed by atoms with van der Waals surface area (Å²) in [5.74, 6) is -4.13. The maximum Gasteiger partial charge on any atom is 0.347 e. The van der Waals surface area contributed by atoms with Crippen molar-refractivity contribution in [2.24, 2.45) is 0 Å². The van der Waals surface area contributed by atoms with Crippen LogP contribution < -0.4 is 18.9 Å². The maximum atomic E-state index is 13.3.